The molecule has 0 saturated carbocycles. The van der Waals surface area contributed by atoms with Gasteiger partial charge in [0.1, 0.15) is 0 Å². The Balaban J connectivity index is 0.000000261. The van der Waals surface area contributed by atoms with Gasteiger partial charge in [-0.15, -0.1) is 0 Å². The van der Waals surface area contributed by atoms with Crippen LogP contribution in [0.3, 0.4) is 0 Å². The molecule has 3 nitrogen and oxygen atoms in total. The molecule has 0 unspecified atom stereocenters. The molecule has 0 fully saturated rings. The zero-order valence-corrected chi connectivity index (χ0v) is 11.1. The largest absolute Gasteiger partial charge is 0.328 e. The van der Waals surface area contributed by atoms with Crippen LogP contribution < -0.4 is -0.342 Å². The first-order chi connectivity index (χ1) is 5.54. The fourth-order valence-corrected chi connectivity index (χ4v) is 1.22. The fourth-order valence-electron chi connectivity index (χ4n) is 0.663. The van der Waals surface area contributed by atoms with Gasteiger partial charge in [0.2, 0.25) is 0 Å². The molecule has 0 aliphatic rings. The number of rotatable bonds is 0. The van der Waals surface area contributed by atoms with Crippen LogP contribution in [0.1, 0.15) is 5.56 Å². The van der Waals surface area contributed by atoms with Crippen molar-refractivity contribution in [3.05, 3.63) is 29.8 Å². The maximum atomic E-state index is 7.23. The molecule has 0 radical (unpaired) electrons. The van der Waals surface area contributed by atoms with Crippen LogP contribution in [0.5, 0.6) is 0 Å². The summed E-state index contributed by atoms with van der Waals surface area (Å²) in [7, 11) is -2.62. The Morgan fingerprint density at radius 1 is 1.17 bits per heavy atom. The normalized spacial score (nSPS) is 9.25. The zero-order chi connectivity index (χ0) is 9.56. The Morgan fingerprint density at radius 2 is 1.58 bits per heavy atom. The van der Waals surface area contributed by atoms with Crippen molar-refractivity contribution in [3.8, 4) is 0 Å². The molecule has 0 saturated heterocycles. The van der Waals surface area contributed by atoms with Crippen LogP contribution in [0.25, 0.3) is 0 Å². The molecule has 1 rings (SSSR count). The van der Waals surface area contributed by atoms with Gasteiger partial charge in [0.15, 0.2) is 0 Å². The van der Waals surface area contributed by atoms with Crippen molar-refractivity contribution in [1.29, 1.82) is 0 Å². The zero-order valence-electron chi connectivity index (χ0n) is 7.10. The van der Waals surface area contributed by atoms with Crippen LogP contribution in [-0.4, -0.2) is 63.6 Å². The van der Waals surface area contributed by atoms with Gasteiger partial charge in [-0.3, -0.25) is 0 Å². The maximum absolute atomic E-state index is 7.23. The standard InChI is InChI=1S/C7H7.K.H3O3P/c1-7-5-3-2-4-6-7;;1-4(2)3/h2-5H,1H3;;1-3H. The summed E-state index contributed by atoms with van der Waals surface area (Å²) in [5.41, 5.74) is 1.45. The van der Waals surface area contributed by atoms with Gasteiger partial charge in [0.25, 0.3) is 0 Å². The molecule has 0 amide bonds. The molecule has 0 bridgehead atoms. The summed E-state index contributed by atoms with van der Waals surface area (Å²) in [5.74, 6) is 0. The van der Waals surface area contributed by atoms with E-state index >= 15 is 0 Å². The van der Waals surface area contributed by atoms with Crippen molar-refractivity contribution in [2.24, 2.45) is 0 Å². The average Bonchev–Trinajstić information content (AvgIpc) is 1.94. The third-order valence-corrected chi connectivity index (χ3v) is 3.18. The van der Waals surface area contributed by atoms with E-state index in [0.717, 1.165) is 49.0 Å². The van der Waals surface area contributed by atoms with Gasteiger partial charge in [-0.05, 0) is 0 Å². The van der Waals surface area contributed by atoms with Crippen LogP contribution in [-0.2, 0) is 0 Å². The fraction of sp³-hybridized carbons (Fsp3) is 0.143. The molecule has 0 atom stereocenters. The Bertz CT molecular complexity index is 206. The predicted molar refractivity (Wildman–Crippen MR) is 50.1 cm³/mol. The van der Waals surface area contributed by atoms with Crippen LogP contribution in [0, 0.1) is 6.92 Å². The molecule has 1 aromatic rings. The van der Waals surface area contributed by atoms with Crippen molar-refractivity contribution in [1.82, 2.24) is 0 Å². The first-order valence-electron chi connectivity index (χ1n) is 3.43. The molecule has 0 heterocycles. The van der Waals surface area contributed by atoms with E-state index in [1.807, 2.05) is 0 Å². The van der Waals surface area contributed by atoms with Gasteiger partial charge in [-0.2, -0.15) is 0 Å². The third-order valence-electron chi connectivity index (χ3n) is 1.43. The second-order valence-corrected chi connectivity index (χ2v) is 4.57. The molecule has 62 valence electrons. The topological polar surface area (TPSA) is 60.7 Å². The number of benzene rings is 1. The van der Waals surface area contributed by atoms with Gasteiger partial charge in [0.05, 0.1) is 0 Å². The number of hydrogen-bond acceptors (Lipinski definition) is 3. The van der Waals surface area contributed by atoms with E-state index in [9.17, 15) is 0 Å². The minimum Gasteiger partial charge on any atom is -0.328 e. The molecular weight excluding hydrogens is 202 g/mol. The molecular formula is C7H10KO3P. The molecule has 1 aromatic carbocycles. The average molecular weight is 212 g/mol. The molecule has 12 heavy (non-hydrogen) atoms. The Kier molecular flexibility index (Phi) is 8.29. The molecule has 0 aromatic heterocycles. The summed E-state index contributed by atoms with van der Waals surface area (Å²) in [5, 5.41) is 0. The van der Waals surface area contributed by atoms with Crippen LogP contribution in [0.15, 0.2) is 24.3 Å². The van der Waals surface area contributed by atoms with Gasteiger partial charge >= 0.3 is 94.0 Å². The summed E-state index contributed by atoms with van der Waals surface area (Å²) in [6.07, 6.45) is 0. The summed E-state index contributed by atoms with van der Waals surface area (Å²) in [6.45, 7) is 2.17. The quantitative estimate of drug-likeness (QED) is 0.418. The molecule has 5 heteroatoms. The maximum Gasteiger partial charge on any atom is 0.324 e. The number of aryl methyl sites for hydroxylation is 1. The first-order valence-corrected chi connectivity index (χ1v) is 6.19. The summed E-state index contributed by atoms with van der Waals surface area (Å²) < 4.78 is 1.56. The summed E-state index contributed by atoms with van der Waals surface area (Å²) in [6, 6.07) is 8.56. The van der Waals surface area contributed by atoms with E-state index in [2.05, 4.69) is 31.2 Å². The van der Waals surface area contributed by atoms with Crippen molar-refractivity contribution in [2.45, 2.75) is 6.92 Å². The molecule has 0 aliphatic carbocycles. The Hall–Kier alpha value is 1.17. The van der Waals surface area contributed by atoms with Crippen molar-refractivity contribution in [3.63, 3.8) is 0 Å². The van der Waals surface area contributed by atoms with Gasteiger partial charge in [-0.1, -0.05) is 0 Å². The van der Waals surface area contributed by atoms with E-state index in [0.29, 0.717) is 0 Å². The van der Waals surface area contributed by atoms with Crippen LogP contribution >= 0.6 is 8.60 Å². The number of hydrogen-bond donors (Lipinski definition) is 3. The second kappa shape index (κ2) is 7.56. The van der Waals surface area contributed by atoms with Gasteiger partial charge < -0.3 is 14.7 Å². The molecule has 0 spiro atoms. The van der Waals surface area contributed by atoms with E-state index in [1.165, 1.54) is 5.56 Å². The predicted octanol–water partition coefficient (Wildman–Crippen LogP) is -0.0210. The Morgan fingerprint density at radius 3 is 1.83 bits per heavy atom. The molecule has 3 N–H and O–H groups in total. The monoisotopic (exact) mass is 212 g/mol. The summed E-state index contributed by atoms with van der Waals surface area (Å²) >= 11 is 0.846. The van der Waals surface area contributed by atoms with Crippen LogP contribution in [0.4, 0.5) is 0 Å². The SMILES string of the molecule is Cc1cccc[c]1[K].OP(O)O. The van der Waals surface area contributed by atoms with Crippen molar-refractivity contribution in [2.75, 3.05) is 0 Å². The van der Waals surface area contributed by atoms with Gasteiger partial charge in [-0.25, -0.2) is 0 Å². The molecule has 0 aliphatic heterocycles. The van der Waals surface area contributed by atoms with Gasteiger partial charge in [0, 0.05) is 0 Å². The van der Waals surface area contributed by atoms with Crippen molar-refractivity contribution >= 4 is 57.2 Å². The minimum atomic E-state index is -2.62. The third kappa shape index (κ3) is 7.80. The van der Waals surface area contributed by atoms with Crippen molar-refractivity contribution < 1.29 is 14.7 Å². The summed E-state index contributed by atoms with van der Waals surface area (Å²) in [4.78, 5) is 21.7. The van der Waals surface area contributed by atoms with E-state index in [-0.39, 0.29) is 0 Å². The minimum absolute atomic E-state index is 0.846. The van der Waals surface area contributed by atoms with Crippen LogP contribution in [0.2, 0.25) is 0 Å². The Labute approximate surface area is 107 Å². The second-order valence-electron chi connectivity index (χ2n) is 2.35. The van der Waals surface area contributed by atoms with E-state index < -0.39 is 8.60 Å². The first kappa shape index (κ1) is 13.2. The smallest absolute Gasteiger partial charge is 0.324 e. The van der Waals surface area contributed by atoms with E-state index in [4.69, 9.17) is 14.7 Å². The van der Waals surface area contributed by atoms with E-state index in [1.54, 1.807) is -0.342 Å².